The van der Waals surface area contributed by atoms with Gasteiger partial charge in [-0.05, 0) is 5.56 Å². The fourth-order valence-corrected chi connectivity index (χ4v) is 1.07. The van der Waals surface area contributed by atoms with Crippen LogP contribution in [0.5, 0.6) is 0 Å². The third-order valence-electron chi connectivity index (χ3n) is 1.73. The molecule has 0 saturated heterocycles. The van der Waals surface area contributed by atoms with Gasteiger partial charge in [-0.15, -0.1) is 12.3 Å². The SMILES string of the molecule is C#CCC(C=O)c1ccccc1. The van der Waals surface area contributed by atoms with Crippen molar-refractivity contribution in [2.75, 3.05) is 0 Å². The van der Waals surface area contributed by atoms with Crippen molar-refractivity contribution in [2.24, 2.45) is 0 Å². The topological polar surface area (TPSA) is 17.1 Å². The molecule has 60 valence electrons. The molecule has 0 aliphatic carbocycles. The van der Waals surface area contributed by atoms with E-state index in [1.165, 1.54) is 0 Å². The summed E-state index contributed by atoms with van der Waals surface area (Å²) in [4.78, 5) is 10.6. The van der Waals surface area contributed by atoms with Crippen molar-refractivity contribution in [3.63, 3.8) is 0 Å². The third-order valence-corrected chi connectivity index (χ3v) is 1.73. The molecule has 1 rings (SSSR count). The number of carbonyl (C=O) groups is 1. The monoisotopic (exact) mass is 158 g/mol. The van der Waals surface area contributed by atoms with E-state index in [0.29, 0.717) is 6.42 Å². The van der Waals surface area contributed by atoms with Crippen molar-refractivity contribution in [2.45, 2.75) is 12.3 Å². The molecule has 1 aromatic carbocycles. The smallest absolute Gasteiger partial charge is 0.128 e. The van der Waals surface area contributed by atoms with Crippen LogP contribution in [-0.2, 0) is 4.79 Å². The number of carbonyl (C=O) groups excluding carboxylic acids is 1. The fourth-order valence-electron chi connectivity index (χ4n) is 1.07. The zero-order chi connectivity index (χ0) is 8.81. The molecule has 0 aromatic heterocycles. The molecular formula is C11H10O. The highest BCUT2D eigenvalue weighted by atomic mass is 16.1. The quantitative estimate of drug-likeness (QED) is 0.485. The molecule has 0 aliphatic rings. The van der Waals surface area contributed by atoms with Gasteiger partial charge < -0.3 is 4.79 Å². The van der Waals surface area contributed by atoms with E-state index in [9.17, 15) is 4.79 Å². The molecule has 1 unspecified atom stereocenters. The first-order valence-electron chi connectivity index (χ1n) is 3.82. The van der Waals surface area contributed by atoms with Gasteiger partial charge in [0.15, 0.2) is 0 Å². The standard InChI is InChI=1S/C11H10O/c1-2-6-11(9-12)10-7-4-3-5-8-10/h1,3-5,7-9,11H,6H2. The Hall–Kier alpha value is -1.55. The van der Waals surface area contributed by atoms with Gasteiger partial charge in [-0.3, -0.25) is 0 Å². The van der Waals surface area contributed by atoms with Crippen LogP contribution in [0, 0.1) is 12.3 Å². The highest BCUT2D eigenvalue weighted by Gasteiger charge is 2.06. The van der Waals surface area contributed by atoms with Gasteiger partial charge in [-0.1, -0.05) is 30.3 Å². The summed E-state index contributed by atoms with van der Waals surface area (Å²) in [6.07, 6.45) is 6.51. The van der Waals surface area contributed by atoms with Crippen LogP contribution in [0.3, 0.4) is 0 Å². The molecule has 0 radical (unpaired) electrons. The predicted octanol–water partition coefficient (Wildman–Crippen LogP) is 1.99. The van der Waals surface area contributed by atoms with Crippen LogP contribution >= 0.6 is 0 Å². The lowest BCUT2D eigenvalue weighted by Gasteiger charge is -2.05. The van der Waals surface area contributed by atoms with Crippen LogP contribution in [0.4, 0.5) is 0 Å². The van der Waals surface area contributed by atoms with E-state index < -0.39 is 0 Å². The lowest BCUT2D eigenvalue weighted by Crippen LogP contribution is -1.97. The Morgan fingerprint density at radius 1 is 1.42 bits per heavy atom. The first kappa shape index (κ1) is 8.55. The summed E-state index contributed by atoms with van der Waals surface area (Å²) >= 11 is 0. The second-order valence-corrected chi connectivity index (χ2v) is 2.56. The second kappa shape index (κ2) is 4.35. The highest BCUT2D eigenvalue weighted by molar-refractivity contribution is 5.62. The minimum Gasteiger partial charge on any atom is -0.303 e. The summed E-state index contributed by atoms with van der Waals surface area (Å²) in [6.45, 7) is 0. The zero-order valence-corrected chi connectivity index (χ0v) is 6.73. The Kier molecular flexibility index (Phi) is 3.10. The van der Waals surface area contributed by atoms with Crippen molar-refractivity contribution in [3.05, 3.63) is 35.9 Å². The van der Waals surface area contributed by atoms with Gasteiger partial charge in [0.1, 0.15) is 6.29 Å². The molecule has 0 aliphatic heterocycles. The van der Waals surface area contributed by atoms with Crippen molar-refractivity contribution in [1.82, 2.24) is 0 Å². The van der Waals surface area contributed by atoms with Gasteiger partial charge >= 0.3 is 0 Å². The number of benzene rings is 1. The van der Waals surface area contributed by atoms with E-state index in [2.05, 4.69) is 5.92 Å². The van der Waals surface area contributed by atoms with Crippen LogP contribution in [0.1, 0.15) is 17.9 Å². The van der Waals surface area contributed by atoms with E-state index in [0.717, 1.165) is 11.8 Å². The second-order valence-electron chi connectivity index (χ2n) is 2.56. The molecule has 0 bridgehead atoms. The molecule has 1 heteroatoms. The molecule has 1 atom stereocenters. The summed E-state index contributed by atoms with van der Waals surface area (Å²) in [5, 5.41) is 0. The third kappa shape index (κ3) is 1.96. The van der Waals surface area contributed by atoms with Crippen LogP contribution in [0.25, 0.3) is 0 Å². The van der Waals surface area contributed by atoms with E-state index in [1.54, 1.807) is 0 Å². The van der Waals surface area contributed by atoms with E-state index in [1.807, 2.05) is 30.3 Å². The average molecular weight is 158 g/mol. The lowest BCUT2D eigenvalue weighted by atomic mass is 9.98. The number of terminal acetylenes is 1. The van der Waals surface area contributed by atoms with Crippen molar-refractivity contribution >= 4 is 6.29 Å². The van der Waals surface area contributed by atoms with Gasteiger partial charge in [0.25, 0.3) is 0 Å². The van der Waals surface area contributed by atoms with Gasteiger partial charge in [0.2, 0.25) is 0 Å². The summed E-state index contributed by atoms with van der Waals surface area (Å²) in [5.74, 6) is 2.34. The number of aldehydes is 1. The van der Waals surface area contributed by atoms with E-state index in [-0.39, 0.29) is 5.92 Å². The van der Waals surface area contributed by atoms with Crippen molar-refractivity contribution in [1.29, 1.82) is 0 Å². The maximum absolute atomic E-state index is 10.6. The largest absolute Gasteiger partial charge is 0.303 e. The summed E-state index contributed by atoms with van der Waals surface area (Å²) in [5.41, 5.74) is 0.991. The first-order chi connectivity index (χ1) is 5.88. The van der Waals surface area contributed by atoms with Crippen molar-refractivity contribution in [3.8, 4) is 12.3 Å². The molecule has 1 aromatic rings. The first-order valence-corrected chi connectivity index (χ1v) is 3.82. The van der Waals surface area contributed by atoms with Gasteiger partial charge in [0, 0.05) is 6.42 Å². The lowest BCUT2D eigenvalue weighted by molar-refractivity contribution is -0.109. The van der Waals surface area contributed by atoms with E-state index in [4.69, 9.17) is 6.42 Å². The normalized spacial score (nSPS) is 11.6. The maximum Gasteiger partial charge on any atom is 0.128 e. The number of hydrogen-bond donors (Lipinski definition) is 0. The molecule has 0 amide bonds. The molecule has 12 heavy (non-hydrogen) atoms. The average Bonchev–Trinajstić information content (AvgIpc) is 2.15. The Morgan fingerprint density at radius 3 is 2.58 bits per heavy atom. The van der Waals surface area contributed by atoms with Crippen LogP contribution < -0.4 is 0 Å². The number of rotatable bonds is 3. The minimum absolute atomic E-state index is 0.142. The Morgan fingerprint density at radius 2 is 2.08 bits per heavy atom. The molecule has 0 saturated carbocycles. The summed E-state index contributed by atoms with van der Waals surface area (Å²) in [6, 6.07) is 9.55. The number of hydrogen-bond acceptors (Lipinski definition) is 1. The summed E-state index contributed by atoms with van der Waals surface area (Å²) < 4.78 is 0. The Labute approximate surface area is 72.4 Å². The zero-order valence-electron chi connectivity index (χ0n) is 6.73. The Balaban J connectivity index is 2.81. The highest BCUT2D eigenvalue weighted by Crippen LogP contribution is 2.15. The van der Waals surface area contributed by atoms with Gasteiger partial charge in [0.05, 0.1) is 5.92 Å². The molecular weight excluding hydrogens is 148 g/mol. The summed E-state index contributed by atoms with van der Waals surface area (Å²) in [7, 11) is 0. The predicted molar refractivity (Wildman–Crippen MR) is 48.7 cm³/mol. The molecule has 0 fully saturated rings. The molecule has 1 nitrogen and oxygen atoms in total. The van der Waals surface area contributed by atoms with Crippen molar-refractivity contribution < 1.29 is 4.79 Å². The van der Waals surface area contributed by atoms with Crippen LogP contribution in [0.15, 0.2) is 30.3 Å². The van der Waals surface area contributed by atoms with Crippen LogP contribution in [0.2, 0.25) is 0 Å². The molecule has 0 heterocycles. The van der Waals surface area contributed by atoms with Crippen LogP contribution in [-0.4, -0.2) is 6.29 Å². The maximum atomic E-state index is 10.6. The molecule has 0 spiro atoms. The Bertz CT molecular complexity index is 282. The van der Waals surface area contributed by atoms with Gasteiger partial charge in [-0.25, -0.2) is 0 Å². The van der Waals surface area contributed by atoms with Gasteiger partial charge in [-0.2, -0.15) is 0 Å². The van der Waals surface area contributed by atoms with E-state index >= 15 is 0 Å². The fraction of sp³-hybridized carbons (Fsp3) is 0.182. The minimum atomic E-state index is -0.142. The molecule has 0 N–H and O–H groups in total.